The van der Waals surface area contributed by atoms with Gasteiger partial charge in [0.25, 0.3) is 5.56 Å². The summed E-state index contributed by atoms with van der Waals surface area (Å²) in [5.41, 5.74) is 2.87. The molecule has 1 aromatic carbocycles. The highest BCUT2D eigenvalue weighted by molar-refractivity contribution is 6.31. The second-order valence-electron chi connectivity index (χ2n) is 8.39. The number of anilines is 3. The molecule has 1 unspecified atom stereocenters. The number of nitrogens with one attached hydrogen (secondary N) is 2. The van der Waals surface area contributed by atoms with Gasteiger partial charge in [-0.15, -0.1) is 0 Å². The number of halogens is 1. The Labute approximate surface area is 201 Å². The Morgan fingerprint density at radius 3 is 2.65 bits per heavy atom. The molecule has 1 aliphatic rings. The molecule has 0 spiro atoms. The van der Waals surface area contributed by atoms with Crippen LogP contribution in [0.3, 0.4) is 0 Å². The molecule has 0 radical (unpaired) electrons. The van der Waals surface area contributed by atoms with Crippen molar-refractivity contribution in [3.05, 3.63) is 81.9 Å². The first-order valence-electron chi connectivity index (χ1n) is 11.1. The minimum absolute atomic E-state index is 0.0920. The summed E-state index contributed by atoms with van der Waals surface area (Å²) in [6.45, 7) is 2.60. The normalized spacial score (nSPS) is 13.9. The zero-order valence-electron chi connectivity index (χ0n) is 18.5. The van der Waals surface area contributed by atoms with Crippen molar-refractivity contribution in [1.82, 2.24) is 19.5 Å². The summed E-state index contributed by atoms with van der Waals surface area (Å²) in [7, 11) is 0. The van der Waals surface area contributed by atoms with Crippen LogP contribution in [0.2, 0.25) is 5.15 Å². The largest absolute Gasteiger partial charge is 0.375 e. The number of nitrogens with zero attached hydrogens (tertiary/aromatic N) is 5. The van der Waals surface area contributed by atoms with Crippen molar-refractivity contribution in [1.29, 1.82) is 5.26 Å². The van der Waals surface area contributed by atoms with E-state index in [4.69, 9.17) is 11.6 Å². The van der Waals surface area contributed by atoms with Gasteiger partial charge < -0.3 is 15.2 Å². The lowest BCUT2D eigenvalue weighted by Crippen LogP contribution is -2.23. The van der Waals surface area contributed by atoms with Gasteiger partial charge in [0.15, 0.2) is 0 Å². The van der Waals surface area contributed by atoms with Crippen LogP contribution in [0.5, 0.6) is 0 Å². The van der Waals surface area contributed by atoms with Gasteiger partial charge >= 0.3 is 0 Å². The molecule has 0 saturated heterocycles. The van der Waals surface area contributed by atoms with Crippen LogP contribution in [0.4, 0.5) is 17.1 Å². The fourth-order valence-electron chi connectivity index (χ4n) is 4.03. The number of aromatic nitrogens is 4. The molecule has 5 rings (SSSR count). The number of nitriles is 1. The number of pyridine rings is 2. The maximum absolute atomic E-state index is 13.3. The topological polar surface area (TPSA) is 109 Å². The van der Waals surface area contributed by atoms with E-state index in [2.05, 4.69) is 31.7 Å². The molecule has 1 atom stereocenters. The maximum Gasteiger partial charge on any atom is 0.253 e. The van der Waals surface area contributed by atoms with E-state index >= 15 is 0 Å². The van der Waals surface area contributed by atoms with Crippen molar-refractivity contribution in [2.24, 2.45) is 5.92 Å². The highest BCUT2D eigenvalue weighted by Gasteiger charge is 2.25. The summed E-state index contributed by atoms with van der Waals surface area (Å²) >= 11 is 6.14. The zero-order chi connectivity index (χ0) is 23.7. The van der Waals surface area contributed by atoms with Crippen LogP contribution in [-0.4, -0.2) is 19.5 Å². The average Bonchev–Trinajstić information content (AvgIpc) is 3.66. The maximum atomic E-state index is 13.3. The Morgan fingerprint density at radius 2 is 1.91 bits per heavy atom. The second-order valence-corrected chi connectivity index (χ2v) is 8.74. The average molecular weight is 472 g/mol. The molecule has 170 valence electrons. The van der Waals surface area contributed by atoms with Crippen LogP contribution in [0.1, 0.15) is 37.2 Å². The molecule has 34 heavy (non-hydrogen) atoms. The summed E-state index contributed by atoms with van der Waals surface area (Å²) in [6, 6.07) is 12.8. The van der Waals surface area contributed by atoms with Gasteiger partial charge in [-0.1, -0.05) is 23.7 Å². The molecule has 0 aliphatic heterocycles. The van der Waals surface area contributed by atoms with Gasteiger partial charge in [-0.25, -0.2) is 15.0 Å². The molecule has 9 heteroatoms. The summed E-state index contributed by atoms with van der Waals surface area (Å²) in [4.78, 5) is 25.9. The summed E-state index contributed by atoms with van der Waals surface area (Å²) in [5, 5.41) is 17.3. The third kappa shape index (κ3) is 4.30. The van der Waals surface area contributed by atoms with E-state index < -0.39 is 0 Å². The molecule has 3 aromatic heterocycles. The van der Waals surface area contributed by atoms with Gasteiger partial charge in [0, 0.05) is 42.3 Å². The lowest BCUT2D eigenvalue weighted by molar-refractivity contribution is 0.627. The lowest BCUT2D eigenvalue weighted by Gasteiger charge is -2.20. The van der Waals surface area contributed by atoms with Crippen LogP contribution >= 0.6 is 11.6 Å². The quantitative estimate of drug-likeness (QED) is 0.363. The molecule has 4 aromatic rings. The van der Waals surface area contributed by atoms with Crippen molar-refractivity contribution in [3.63, 3.8) is 0 Å². The molecule has 1 fully saturated rings. The molecule has 3 heterocycles. The first-order chi connectivity index (χ1) is 16.5. The van der Waals surface area contributed by atoms with Crippen molar-refractivity contribution in [2.75, 3.05) is 10.6 Å². The highest BCUT2D eigenvalue weighted by Crippen LogP contribution is 2.36. The Kier molecular flexibility index (Phi) is 5.86. The number of benzene rings is 1. The van der Waals surface area contributed by atoms with Gasteiger partial charge in [-0.2, -0.15) is 5.26 Å². The molecule has 2 N–H and O–H groups in total. The van der Waals surface area contributed by atoms with Crippen LogP contribution in [0.25, 0.3) is 10.9 Å². The monoisotopic (exact) mass is 471 g/mol. The van der Waals surface area contributed by atoms with Gasteiger partial charge in [-0.3, -0.25) is 4.79 Å². The summed E-state index contributed by atoms with van der Waals surface area (Å²) in [5.74, 6) is 1.13. The summed E-state index contributed by atoms with van der Waals surface area (Å²) < 4.78 is 1.82. The third-order valence-corrected chi connectivity index (χ3v) is 6.19. The van der Waals surface area contributed by atoms with Crippen molar-refractivity contribution < 1.29 is 0 Å². The minimum Gasteiger partial charge on any atom is -0.375 e. The Hall–Kier alpha value is -3.96. The molecule has 8 nitrogen and oxygen atoms in total. The predicted molar refractivity (Wildman–Crippen MR) is 132 cm³/mol. The first kappa shape index (κ1) is 21.9. The Balaban J connectivity index is 1.64. The molecule has 0 bridgehead atoms. The van der Waals surface area contributed by atoms with Crippen LogP contribution in [0.15, 0.2) is 59.8 Å². The van der Waals surface area contributed by atoms with E-state index in [0.29, 0.717) is 35.3 Å². The van der Waals surface area contributed by atoms with Crippen LogP contribution in [-0.2, 0) is 6.54 Å². The van der Waals surface area contributed by atoms with E-state index in [0.717, 1.165) is 23.7 Å². The zero-order valence-corrected chi connectivity index (χ0v) is 19.3. The molecule has 1 saturated carbocycles. The SMILES string of the molecule is CC(Nc1cc(=O)n(CC2CC2)c2c(Nc3ccnc(Cl)c3C#N)cccc12)c1ncccn1. The molecule has 0 amide bonds. The van der Waals surface area contributed by atoms with Gasteiger partial charge in [0.05, 0.1) is 22.9 Å². The van der Waals surface area contributed by atoms with E-state index in [1.54, 1.807) is 36.8 Å². The number of para-hydroxylation sites is 1. The number of hydrogen-bond donors (Lipinski definition) is 2. The first-order valence-corrected chi connectivity index (χ1v) is 11.4. The standard InChI is InChI=1S/C25H22ClN7O/c1-15(25-29-9-3-10-30-25)31-21-12-22(34)33(14-16-6-7-16)23-17(21)4-2-5-20(23)32-19-8-11-28-24(26)18(19)13-27/h2-5,8-12,15-16,31H,6-7,14H2,1H3,(H,28,32). The van der Waals surface area contributed by atoms with Gasteiger partial charge in [0.2, 0.25) is 0 Å². The smallest absolute Gasteiger partial charge is 0.253 e. The molecular formula is C25H22ClN7O. The van der Waals surface area contributed by atoms with E-state index in [1.807, 2.05) is 29.7 Å². The summed E-state index contributed by atoms with van der Waals surface area (Å²) in [6.07, 6.45) is 7.17. The van der Waals surface area contributed by atoms with Gasteiger partial charge in [0.1, 0.15) is 22.6 Å². The van der Waals surface area contributed by atoms with E-state index in [9.17, 15) is 10.1 Å². The fourth-order valence-corrected chi connectivity index (χ4v) is 4.23. The lowest BCUT2D eigenvalue weighted by atomic mass is 10.1. The Morgan fingerprint density at radius 1 is 1.12 bits per heavy atom. The molecular weight excluding hydrogens is 450 g/mol. The van der Waals surface area contributed by atoms with E-state index in [1.165, 1.54) is 0 Å². The fraction of sp³-hybridized carbons (Fsp3) is 0.240. The predicted octanol–water partition coefficient (Wildman–Crippen LogP) is 5.04. The number of rotatable bonds is 7. The van der Waals surface area contributed by atoms with Crippen LogP contribution in [0, 0.1) is 17.2 Å². The van der Waals surface area contributed by atoms with E-state index in [-0.39, 0.29) is 22.3 Å². The van der Waals surface area contributed by atoms with Crippen molar-refractivity contribution in [2.45, 2.75) is 32.4 Å². The number of fused-ring (bicyclic) bond motifs is 1. The minimum atomic E-state index is -0.205. The van der Waals surface area contributed by atoms with Crippen molar-refractivity contribution >= 4 is 39.6 Å². The second kappa shape index (κ2) is 9.12. The third-order valence-electron chi connectivity index (χ3n) is 5.90. The van der Waals surface area contributed by atoms with Crippen LogP contribution < -0.4 is 16.2 Å². The van der Waals surface area contributed by atoms with Gasteiger partial charge in [-0.05, 0) is 43.9 Å². The van der Waals surface area contributed by atoms with Crippen molar-refractivity contribution in [3.8, 4) is 6.07 Å². The Bertz CT molecular complexity index is 1460. The molecule has 1 aliphatic carbocycles. The number of hydrogen-bond acceptors (Lipinski definition) is 7. The highest BCUT2D eigenvalue weighted by atomic mass is 35.5.